The summed E-state index contributed by atoms with van der Waals surface area (Å²) < 4.78 is 0. The summed E-state index contributed by atoms with van der Waals surface area (Å²) in [5.74, 6) is 1.59. The van der Waals surface area contributed by atoms with Gasteiger partial charge in [0.2, 0.25) is 0 Å². The van der Waals surface area contributed by atoms with Gasteiger partial charge in [-0.15, -0.1) is 0 Å². The van der Waals surface area contributed by atoms with E-state index in [1.165, 1.54) is 0 Å². The normalized spacial score (nSPS) is 15.0. The topological polar surface area (TPSA) is 71.3 Å². The first-order valence-corrected chi connectivity index (χ1v) is 9.85. The molecule has 0 amide bonds. The lowest BCUT2D eigenvalue weighted by Gasteiger charge is -2.37. The largest absolute Gasteiger partial charge is 0.507 e. The predicted molar refractivity (Wildman–Crippen MR) is 114 cm³/mol. The van der Waals surface area contributed by atoms with Crippen molar-refractivity contribution in [2.24, 2.45) is 4.99 Å². The van der Waals surface area contributed by atoms with Gasteiger partial charge in [0, 0.05) is 32.7 Å². The van der Waals surface area contributed by atoms with Crippen LogP contribution in [-0.2, 0) is 6.54 Å². The molecule has 0 saturated carbocycles. The Morgan fingerprint density at radius 2 is 1.68 bits per heavy atom. The standard InChI is InChI=1S/C22H30N4O2/c1-4-23-22(24-15-18-13-16(2)21(28)17(3)14-18)26-11-9-25(10-12-26)19-7-5-6-8-20(19)27/h5-8,13-14,27-28H,4,9-12,15H2,1-3H3,(H,23,24). The number of nitrogens with one attached hydrogen (secondary N) is 1. The number of guanidine groups is 1. The second kappa shape index (κ2) is 8.87. The van der Waals surface area contributed by atoms with Crippen LogP contribution in [0.25, 0.3) is 0 Å². The third kappa shape index (κ3) is 4.50. The van der Waals surface area contributed by atoms with E-state index in [2.05, 4.69) is 22.0 Å². The fourth-order valence-electron chi connectivity index (χ4n) is 3.62. The van der Waals surface area contributed by atoms with Crippen LogP contribution in [0.4, 0.5) is 5.69 Å². The highest BCUT2D eigenvalue weighted by Gasteiger charge is 2.21. The quantitative estimate of drug-likeness (QED) is 0.560. The fraction of sp³-hybridized carbons (Fsp3) is 0.409. The minimum atomic E-state index is 0.328. The summed E-state index contributed by atoms with van der Waals surface area (Å²) in [7, 11) is 0. The molecule has 1 aliphatic heterocycles. The molecule has 6 nitrogen and oxygen atoms in total. The highest BCUT2D eigenvalue weighted by Crippen LogP contribution is 2.27. The van der Waals surface area contributed by atoms with Crippen molar-refractivity contribution in [3.05, 3.63) is 53.1 Å². The Bertz CT molecular complexity index is 819. The van der Waals surface area contributed by atoms with Crippen LogP contribution in [0.5, 0.6) is 11.5 Å². The van der Waals surface area contributed by atoms with Crippen LogP contribution in [0.2, 0.25) is 0 Å². The molecule has 1 heterocycles. The summed E-state index contributed by atoms with van der Waals surface area (Å²) >= 11 is 0. The number of rotatable bonds is 4. The van der Waals surface area contributed by atoms with Crippen molar-refractivity contribution in [2.75, 3.05) is 37.6 Å². The molecule has 150 valence electrons. The molecule has 0 atom stereocenters. The van der Waals surface area contributed by atoms with Gasteiger partial charge in [-0.25, -0.2) is 4.99 Å². The zero-order chi connectivity index (χ0) is 20.1. The van der Waals surface area contributed by atoms with Crippen molar-refractivity contribution in [1.82, 2.24) is 10.2 Å². The van der Waals surface area contributed by atoms with Gasteiger partial charge in [-0.1, -0.05) is 24.3 Å². The molecule has 28 heavy (non-hydrogen) atoms. The molecule has 1 saturated heterocycles. The summed E-state index contributed by atoms with van der Waals surface area (Å²) in [4.78, 5) is 9.29. The maximum Gasteiger partial charge on any atom is 0.194 e. The van der Waals surface area contributed by atoms with E-state index in [0.717, 1.165) is 61.1 Å². The van der Waals surface area contributed by atoms with Crippen LogP contribution in [0.3, 0.4) is 0 Å². The summed E-state index contributed by atoms with van der Waals surface area (Å²) in [6.07, 6.45) is 0. The van der Waals surface area contributed by atoms with E-state index in [1.807, 2.05) is 44.2 Å². The Labute approximate surface area is 167 Å². The number of anilines is 1. The van der Waals surface area contributed by atoms with Gasteiger partial charge in [-0.3, -0.25) is 0 Å². The van der Waals surface area contributed by atoms with Crippen LogP contribution in [-0.4, -0.2) is 53.8 Å². The van der Waals surface area contributed by atoms with Gasteiger partial charge >= 0.3 is 0 Å². The van der Waals surface area contributed by atoms with Crippen LogP contribution in [0.15, 0.2) is 41.4 Å². The van der Waals surface area contributed by atoms with Crippen molar-refractivity contribution < 1.29 is 10.2 Å². The molecule has 0 aromatic heterocycles. The van der Waals surface area contributed by atoms with Gasteiger partial charge in [0.1, 0.15) is 11.5 Å². The zero-order valence-corrected chi connectivity index (χ0v) is 16.9. The summed E-state index contributed by atoms with van der Waals surface area (Å²) in [6.45, 7) is 10.6. The molecule has 2 aromatic rings. The first kappa shape index (κ1) is 19.9. The van der Waals surface area contributed by atoms with E-state index in [9.17, 15) is 10.2 Å². The Hall–Kier alpha value is -2.89. The lowest BCUT2D eigenvalue weighted by atomic mass is 10.1. The molecule has 0 aliphatic carbocycles. The molecule has 0 radical (unpaired) electrons. The van der Waals surface area contributed by atoms with Crippen molar-refractivity contribution in [3.8, 4) is 11.5 Å². The molecular weight excluding hydrogens is 352 g/mol. The average molecular weight is 383 g/mol. The Morgan fingerprint density at radius 3 is 2.29 bits per heavy atom. The van der Waals surface area contributed by atoms with Crippen molar-refractivity contribution in [3.63, 3.8) is 0 Å². The Balaban J connectivity index is 1.68. The number of para-hydroxylation sites is 2. The molecule has 3 rings (SSSR count). The molecule has 1 fully saturated rings. The first-order chi connectivity index (χ1) is 13.5. The number of benzene rings is 2. The molecule has 2 aromatic carbocycles. The Kier molecular flexibility index (Phi) is 6.29. The number of phenols is 2. The monoisotopic (exact) mass is 382 g/mol. The molecular formula is C22H30N4O2. The van der Waals surface area contributed by atoms with Gasteiger partial charge in [0.15, 0.2) is 5.96 Å². The summed E-state index contributed by atoms with van der Waals surface area (Å²) in [6, 6.07) is 11.5. The fourth-order valence-corrected chi connectivity index (χ4v) is 3.62. The maximum absolute atomic E-state index is 10.1. The molecule has 0 bridgehead atoms. The summed E-state index contributed by atoms with van der Waals surface area (Å²) in [5.41, 5.74) is 3.74. The predicted octanol–water partition coefficient (Wildman–Crippen LogP) is 3.00. The number of aliphatic imine (C=N–C) groups is 1. The van der Waals surface area contributed by atoms with Crippen LogP contribution in [0, 0.1) is 13.8 Å². The number of hydrogen-bond acceptors (Lipinski definition) is 4. The van der Waals surface area contributed by atoms with Crippen LogP contribution < -0.4 is 10.2 Å². The number of piperazine rings is 1. The van der Waals surface area contributed by atoms with E-state index in [4.69, 9.17) is 4.99 Å². The lowest BCUT2D eigenvalue weighted by molar-refractivity contribution is 0.369. The highest BCUT2D eigenvalue weighted by molar-refractivity contribution is 5.80. The molecule has 3 N–H and O–H groups in total. The zero-order valence-electron chi connectivity index (χ0n) is 16.9. The molecule has 0 spiro atoms. The van der Waals surface area contributed by atoms with E-state index in [1.54, 1.807) is 6.07 Å². The van der Waals surface area contributed by atoms with Crippen LogP contribution >= 0.6 is 0 Å². The van der Waals surface area contributed by atoms with E-state index in [0.29, 0.717) is 18.0 Å². The van der Waals surface area contributed by atoms with Gasteiger partial charge in [0.25, 0.3) is 0 Å². The number of hydrogen-bond donors (Lipinski definition) is 3. The third-order valence-corrected chi connectivity index (χ3v) is 5.10. The number of nitrogens with zero attached hydrogens (tertiary/aromatic N) is 3. The van der Waals surface area contributed by atoms with Gasteiger partial charge < -0.3 is 25.3 Å². The van der Waals surface area contributed by atoms with Gasteiger partial charge in [-0.2, -0.15) is 0 Å². The van der Waals surface area contributed by atoms with E-state index < -0.39 is 0 Å². The second-order valence-electron chi connectivity index (χ2n) is 7.21. The lowest BCUT2D eigenvalue weighted by Crippen LogP contribution is -2.52. The van der Waals surface area contributed by atoms with Crippen molar-refractivity contribution in [1.29, 1.82) is 0 Å². The average Bonchev–Trinajstić information content (AvgIpc) is 2.70. The van der Waals surface area contributed by atoms with Crippen LogP contribution in [0.1, 0.15) is 23.6 Å². The minimum absolute atomic E-state index is 0.328. The van der Waals surface area contributed by atoms with E-state index in [-0.39, 0.29) is 0 Å². The number of aromatic hydroxyl groups is 2. The number of aryl methyl sites for hydroxylation is 2. The van der Waals surface area contributed by atoms with Gasteiger partial charge in [0.05, 0.1) is 12.2 Å². The highest BCUT2D eigenvalue weighted by atomic mass is 16.3. The smallest absolute Gasteiger partial charge is 0.194 e. The minimum Gasteiger partial charge on any atom is -0.507 e. The Morgan fingerprint density at radius 1 is 1.04 bits per heavy atom. The number of phenolic OH excluding ortho intramolecular Hbond substituents is 2. The maximum atomic E-state index is 10.1. The van der Waals surface area contributed by atoms with E-state index >= 15 is 0 Å². The molecule has 1 aliphatic rings. The van der Waals surface area contributed by atoms with Crippen molar-refractivity contribution >= 4 is 11.6 Å². The van der Waals surface area contributed by atoms with Crippen molar-refractivity contribution in [2.45, 2.75) is 27.3 Å². The molecule has 6 heteroatoms. The second-order valence-corrected chi connectivity index (χ2v) is 7.21. The third-order valence-electron chi connectivity index (χ3n) is 5.10. The van der Waals surface area contributed by atoms with Gasteiger partial charge in [-0.05, 0) is 49.6 Å². The molecule has 0 unspecified atom stereocenters. The first-order valence-electron chi connectivity index (χ1n) is 9.85. The summed E-state index contributed by atoms with van der Waals surface area (Å²) in [5, 5.41) is 23.4. The SMILES string of the molecule is CCNC(=NCc1cc(C)c(O)c(C)c1)N1CCN(c2ccccc2O)CC1.